The van der Waals surface area contributed by atoms with Gasteiger partial charge in [0.15, 0.2) is 0 Å². The van der Waals surface area contributed by atoms with Gasteiger partial charge in [-0.05, 0) is 24.3 Å². The maximum atomic E-state index is 12.4. The molecule has 8 heteroatoms. The Morgan fingerprint density at radius 3 is 2.38 bits per heavy atom. The van der Waals surface area contributed by atoms with Crippen molar-refractivity contribution in [3.63, 3.8) is 0 Å². The molecule has 21 heavy (non-hydrogen) atoms. The summed E-state index contributed by atoms with van der Waals surface area (Å²) in [7, 11) is 0. The van der Waals surface area contributed by atoms with Crippen LogP contribution in [0.15, 0.2) is 36.7 Å². The Hall–Kier alpha value is -2.95. The first-order valence-corrected chi connectivity index (χ1v) is 5.61. The van der Waals surface area contributed by atoms with Crippen molar-refractivity contribution in [2.24, 2.45) is 0 Å². The maximum absolute atomic E-state index is 12.4. The van der Waals surface area contributed by atoms with E-state index in [1.54, 1.807) is 0 Å². The van der Waals surface area contributed by atoms with Crippen molar-refractivity contribution in [3.8, 4) is 6.07 Å². The molecular weight excluding hydrogens is 285 g/mol. The fourth-order valence-corrected chi connectivity index (χ4v) is 1.41. The summed E-state index contributed by atoms with van der Waals surface area (Å²) in [5, 5.41) is 11.0. The van der Waals surface area contributed by atoms with Gasteiger partial charge in [0.25, 0.3) is 5.91 Å². The molecular formula is C13H7F3N4O. The second-order valence-electron chi connectivity index (χ2n) is 3.93. The number of amides is 1. The molecule has 2 rings (SSSR count). The lowest BCUT2D eigenvalue weighted by Gasteiger charge is -2.07. The molecule has 1 N–H and O–H groups in total. The van der Waals surface area contributed by atoms with Crippen LogP contribution in [0, 0.1) is 11.3 Å². The number of carbonyl (C=O) groups excluding carboxylic acids is 1. The van der Waals surface area contributed by atoms with Crippen molar-refractivity contribution in [1.29, 1.82) is 5.26 Å². The molecule has 106 valence electrons. The van der Waals surface area contributed by atoms with Crippen LogP contribution in [0.5, 0.6) is 0 Å². The van der Waals surface area contributed by atoms with Crippen molar-refractivity contribution in [1.82, 2.24) is 9.97 Å². The van der Waals surface area contributed by atoms with Crippen LogP contribution in [0.2, 0.25) is 0 Å². The average molecular weight is 292 g/mol. The summed E-state index contributed by atoms with van der Waals surface area (Å²) in [6.07, 6.45) is -2.66. The lowest BCUT2D eigenvalue weighted by Crippen LogP contribution is -2.15. The average Bonchev–Trinajstić information content (AvgIpc) is 2.47. The lowest BCUT2D eigenvalue weighted by molar-refractivity contribution is -0.137. The number of hydrogen-bond acceptors (Lipinski definition) is 4. The topological polar surface area (TPSA) is 78.7 Å². The summed E-state index contributed by atoms with van der Waals surface area (Å²) in [6.45, 7) is 0. The zero-order valence-electron chi connectivity index (χ0n) is 10.3. The van der Waals surface area contributed by atoms with E-state index < -0.39 is 17.6 Å². The van der Waals surface area contributed by atoms with Crippen LogP contribution in [0.25, 0.3) is 0 Å². The second-order valence-corrected chi connectivity index (χ2v) is 3.93. The minimum Gasteiger partial charge on any atom is -0.305 e. The number of nitrogens with zero attached hydrogens (tertiary/aromatic N) is 3. The molecule has 0 aliphatic heterocycles. The molecule has 0 bridgehead atoms. The summed E-state index contributed by atoms with van der Waals surface area (Å²) < 4.78 is 37.1. The molecule has 0 aliphatic rings. The normalized spacial score (nSPS) is 10.8. The molecule has 0 aromatic carbocycles. The summed E-state index contributed by atoms with van der Waals surface area (Å²) >= 11 is 0. The van der Waals surface area contributed by atoms with E-state index in [-0.39, 0.29) is 11.5 Å². The van der Waals surface area contributed by atoms with Crippen LogP contribution in [-0.4, -0.2) is 15.9 Å². The van der Waals surface area contributed by atoms with Crippen molar-refractivity contribution >= 4 is 11.7 Å². The van der Waals surface area contributed by atoms with Gasteiger partial charge in [-0.3, -0.25) is 9.78 Å². The van der Waals surface area contributed by atoms with Crippen molar-refractivity contribution in [2.75, 3.05) is 5.32 Å². The van der Waals surface area contributed by atoms with Gasteiger partial charge in [-0.15, -0.1) is 0 Å². The third kappa shape index (κ3) is 3.54. The Labute approximate surface area is 117 Å². The van der Waals surface area contributed by atoms with Crippen molar-refractivity contribution in [3.05, 3.63) is 53.5 Å². The van der Waals surface area contributed by atoms with E-state index in [0.29, 0.717) is 11.8 Å². The molecule has 0 fully saturated rings. The van der Waals surface area contributed by atoms with Crippen LogP contribution in [0.4, 0.5) is 19.0 Å². The van der Waals surface area contributed by atoms with Gasteiger partial charge in [0.1, 0.15) is 17.6 Å². The van der Waals surface area contributed by atoms with E-state index in [0.717, 1.165) is 12.1 Å². The molecule has 5 nitrogen and oxygen atoms in total. The second kappa shape index (κ2) is 5.58. The molecule has 0 saturated heterocycles. The first kappa shape index (κ1) is 14.5. The Balaban J connectivity index is 2.11. The van der Waals surface area contributed by atoms with Crippen LogP contribution in [0.3, 0.4) is 0 Å². The lowest BCUT2D eigenvalue weighted by atomic mass is 10.2. The minimum atomic E-state index is -4.50. The third-order valence-electron chi connectivity index (χ3n) is 2.46. The van der Waals surface area contributed by atoms with Crippen LogP contribution in [0.1, 0.15) is 21.6 Å². The van der Waals surface area contributed by atoms with E-state index in [9.17, 15) is 18.0 Å². The Bertz CT molecular complexity index is 687. The predicted octanol–water partition coefficient (Wildman–Crippen LogP) is 2.62. The number of halogens is 3. The van der Waals surface area contributed by atoms with E-state index >= 15 is 0 Å². The highest BCUT2D eigenvalue weighted by Crippen LogP contribution is 2.28. The minimum absolute atomic E-state index is 0.167. The number of pyridine rings is 2. The number of anilines is 1. The van der Waals surface area contributed by atoms with Crippen LogP contribution >= 0.6 is 0 Å². The molecule has 0 unspecified atom stereocenters. The van der Waals surface area contributed by atoms with Crippen LogP contribution in [-0.2, 0) is 6.18 Å². The summed E-state index contributed by atoms with van der Waals surface area (Å²) in [5.41, 5.74) is -0.787. The summed E-state index contributed by atoms with van der Waals surface area (Å²) in [5.74, 6) is -0.526. The van der Waals surface area contributed by atoms with Gasteiger partial charge in [0.05, 0.1) is 11.1 Å². The zero-order valence-corrected chi connectivity index (χ0v) is 10.3. The number of hydrogen-bond donors (Lipinski definition) is 1. The highest BCUT2D eigenvalue weighted by molar-refractivity contribution is 6.02. The molecule has 0 saturated carbocycles. The fourth-order valence-electron chi connectivity index (χ4n) is 1.41. The quantitative estimate of drug-likeness (QED) is 0.922. The predicted molar refractivity (Wildman–Crippen MR) is 66.1 cm³/mol. The Morgan fingerprint density at radius 2 is 1.90 bits per heavy atom. The first-order chi connectivity index (χ1) is 9.90. The molecule has 0 aliphatic carbocycles. The standard InChI is InChI=1S/C13H7F3N4O/c14-13(15,16)9-2-3-10(18-7-9)12(21)20-11-4-1-8(5-17)6-19-11/h1-4,6-7H,(H,19,20,21). The number of nitrogens with one attached hydrogen (secondary N) is 1. The third-order valence-corrected chi connectivity index (χ3v) is 2.46. The molecule has 2 aromatic heterocycles. The van der Waals surface area contributed by atoms with Gasteiger partial charge in [-0.2, -0.15) is 18.4 Å². The number of aromatic nitrogens is 2. The molecule has 0 radical (unpaired) electrons. The highest BCUT2D eigenvalue weighted by Gasteiger charge is 2.30. The van der Waals surface area contributed by atoms with Gasteiger partial charge in [0.2, 0.25) is 0 Å². The maximum Gasteiger partial charge on any atom is 0.417 e. The summed E-state index contributed by atoms with van der Waals surface area (Å²) in [4.78, 5) is 19.0. The van der Waals surface area contributed by atoms with E-state index in [1.165, 1.54) is 18.3 Å². The SMILES string of the molecule is N#Cc1ccc(NC(=O)c2ccc(C(F)(F)F)cn2)nc1. The van der Waals surface area contributed by atoms with Gasteiger partial charge in [0, 0.05) is 12.4 Å². The van der Waals surface area contributed by atoms with E-state index in [1.807, 2.05) is 6.07 Å². The largest absolute Gasteiger partial charge is 0.417 e. The number of alkyl halides is 3. The van der Waals surface area contributed by atoms with E-state index in [4.69, 9.17) is 5.26 Å². The number of rotatable bonds is 2. The van der Waals surface area contributed by atoms with Gasteiger partial charge >= 0.3 is 6.18 Å². The molecule has 2 aromatic rings. The highest BCUT2D eigenvalue weighted by atomic mass is 19.4. The molecule has 1 amide bonds. The fraction of sp³-hybridized carbons (Fsp3) is 0.0769. The Kier molecular flexibility index (Phi) is 3.84. The van der Waals surface area contributed by atoms with Crippen molar-refractivity contribution in [2.45, 2.75) is 6.18 Å². The Morgan fingerprint density at radius 1 is 1.14 bits per heavy atom. The van der Waals surface area contributed by atoms with Crippen molar-refractivity contribution < 1.29 is 18.0 Å². The monoisotopic (exact) mass is 292 g/mol. The van der Waals surface area contributed by atoms with Gasteiger partial charge in [-0.25, -0.2) is 4.98 Å². The van der Waals surface area contributed by atoms with Crippen LogP contribution < -0.4 is 5.32 Å². The first-order valence-electron chi connectivity index (χ1n) is 5.61. The zero-order chi connectivity index (χ0) is 15.5. The number of nitriles is 1. The molecule has 0 spiro atoms. The summed E-state index contributed by atoms with van der Waals surface area (Å²) in [6, 6.07) is 6.46. The van der Waals surface area contributed by atoms with Gasteiger partial charge < -0.3 is 5.32 Å². The van der Waals surface area contributed by atoms with E-state index in [2.05, 4.69) is 15.3 Å². The number of carbonyl (C=O) groups is 1. The van der Waals surface area contributed by atoms with Gasteiger partial charge in [-0.1, -0.05) is 0 Å². The molecule has 2 heterocycles. The molecule has 0 atom stereocenters. The smallest absolute Gasteiger partial charge is 0.305 e.